The number of nitrogens with one attached hydrogen (secondary N) is 1. The van der Waals surface area contributed by atoms with Crippen molar-refractivity contribution in [3.05, 3.63) is 69.7 Å². The molecule has 7 heteroatoms. The predicted octanol–water partition coefficient (Wildman–Crippen LogP) is 6.58. The zero-order valence-corrected chi connectivity index (χ0v) is 18.8. The van der Waals surface area contributed by atoms with E-state index in [0.717, 1.165) is 24.2 Å². The van der Waals surface area contributed by atoms with E-state index in [0.29, 0.717) is 39.8 Å². The quantitative estimate of drug-likeness (QED) is 0.250. The maximum atomic E-state index is 6.32. The lowest BCUT2D eigenvalue weighted by Gasteiger charge is -2.21. The Labute approximate surface area is 187 Å². The van der Waals surface area contributed by atoms with Gasteiger partial charge in [0.2, 0.25) is 5.90 Å². The summed E-state index contributed by atoms with van der Waals surface area (Å²) in [6, 6.07) is 10.8. The average Bonchev–Trinajstić information content (AvgIpc) is 2.70. The molecule has 156 valence electrons. The van der Waals surface area contributed by atoms with Crippen LogP contribution in [0.3, 0.4) is 0 Å². The van der Waals surface area contributed by atoms with Crippen molar-refractivity contribution in [3.63, 3.8) is 0 Å². The van der Waals surface area contributed by atoms with Gasteiger partial charge in [0.1, 0.15) is 5.75 Å². The third-order valence-corrected chi connectivity index (χ3v) is 4.91. The zero-order valence-electron chi connectivity index (χ0n) is 16.6. The minimum atomic E-state index is -0.112. The lowest BCUT2D eigenvalue weighted by Crippen LogP contribution is -2.40. The van der Waals surface area contributed by atoms with Crippen LogP contribution in [0.15, 0.2) is 54.0 Å². The summed E-state index contributed by atoms with van der Waals surface area (Å²) < 4.78 is 11.3. The first kappa shape index (κ1) is 23.6. The topological polar surface area (TPSA) is 42.9 Å². The van der Waals surface area contributed by atoms with Crippen molar-refractivity contribution in [3.8, 4) is 11.5 Å². The summed E-state index contributed by atoms with van der Waals surface area (Å²) in [4.78, 5) is 4.73. The monoisotopic (exact) mass is 454 g/mol. The first-order valence-electron chi connectivity index (χ1n) is 9.32. The fraction of sp³-hybridized carbons (Fsp3) is 0.318. The molecule has 0 heterocycles. The molecular formula is C22H25Cl3N2O2. The highest BCUT2D eigenvalue weighted by Crippen LogP contribution is 2.36. The van der Waals surface area contributed by atoms with E-state index in [1.54, 1.807) is 25.3 Å². The molecule has 0 saturated carbocycles. The van der Waals surface area contributed by atoms with Gasteiger partial charge in [0, 0.05) is 11.6 Å². The number of rotatable bonds is 10. The molecule has 1 N–H and O–H groups in total. The molecular weight excluding hydrogens is 431 g/mol. The van der Waals surface area contributed by atoms with Crippen LogP contribution >= 0.6 is 34.8 Å². The number of halogens is 3. The number of hydrogen-bond acceptors (Lipinski definition) is 4. The van der Waals surface area contributed by atoms with Gasteiger partial charge in [0.15, 0.2) is 5.75 Å². The molecule has 0 aliphatic heterocycles. The first-order chi connectivity index (χ1) is 14.0. The number of methoxy groups -OCH3 is 1. The standard InChI is InChI=1S/C22H25Cl3N2O2/c1-4-6-20(26-11-5-2)22(27-14-15-7-9-17(28-3)10-8-15)29-21-18(24)12-16(23)13-19(21)25/h5,7-10,12-13,20,26H,2,4,6,11,14H2,1,3H3. The van der Waals surface area contributed by atoms with Crippen molar-refractivity contribution < 1.29 is 9.47 Å². The van der Waals surface area contributed by atoms with Gasteiger partial charge in [-0.1, -0.05) is 66.4 Å². The Balaban J connectivity index is 2.34. The van der Waals surface area contributed by atoms with E-state index >= 15 is 0 Å². The van der Waals surface area contributed by atoms with Gasteiger partial charge in [0.25, 0.3) is 0 Å². The molecule has 1 unspecified atom stereocenters. The fourth-order valence-corrected chi connectivity index (χ4v) is 3.57. The van der Waals surface area contributed by atoms with Crippen molar-refractivity contribution >= 4 is 40.7 Å². The second-order valence-electron chi connectivity index (χ2n) is 6.34. The Morgan fingerprint density at radius 1 is 1.17 bits per heavy atom. The summed E-state index contributed by atoms with van der Waals surface area (Å²) >= 11 is 18.6. The van der Waals surface area contributed by atoms with Crippen LogP contribution in [0.2, 0.25) is 15.1 Å². The minimum Gasteiger partial charge on any atom is -0.497 e. The summed E-state index contributed by atoms with van der Waals surface area (Å²) in [7, 11) is 1.64. The molecule has 0 radical (unpaired) electrons. The molecule has 0 bridgehead atoms. The highest BCUT2D eigenvalue weighted by molar-refractivity contribution is 6.40. The number of benzene rings is 2. The normalized spacial score (nSPS) is 12.5. The fourth-order valence-electron chi connectivity index (χ4n) is 2.67. The summed E-state index contributed by atoms with van der Waals surface area (Å²) in [5.41, 5.74) is 1.03. The molecule has 29 heavy (non-hydrogen) atoms. The highest BCUT2D eigenvalue weighted by atomic mass is 35.5. The highest BCUT2D eigenvalue weighted by Gasteiger charge is 2.20. The summed E-state index contributed by atoms with van der Waals surface area (Å²) in [5, 5.41) is 4.50. The molecule has 2 aromatic carbocycles. The SMILES string of the molecule is C=CCNC(CCC)C(=NCc1ccc(OC)cc1)Oc1c(Cl)cc(Cl)cc1Cl. The minimum absolute atomic E-state index is 0.112. The molecule has 0 aromatic heterocycles. The maximum Gasteiger partial charge on any atom is 0.207 e. The van der Waals surface area contributed by atoms with E-state index in [9.17, 15) is 0 Å². The molecule has 0 amide bonds. The van der Waals surface area contributed by atoms with Crippen LogP contribution in [-0.4, -0.2) is 25.6 Å². The zero-order chi connectivity index (χ0) is 21.2. The van der Waals surface area contributed by atoms with Crippen LogP contribution in [0.4, 0.5) is 0 Å². The maximum absolute atomic E-state index is 6.32. The number of aliphatic imine (C=N–C) groups is 1. The Hall–Kier alpha value is -1.72. The van der Waals surface area contributed by atoms with E-state index < -0.39 is 0 Å². The molecule has 1 atom stereocenters. The second-order valence-corrected chi connectivity index (χ2v) is 7.59. The molecule has 2 rings (SSSR count). The van der Waals surface area contributed by atoms with Gasteiger partial charge in [-0.15, -0.1) is 6.58 Å². The van der Waals surface area contributed by atoms with Gasteiger partial charge < -0.3 is 14.8 Å². The number of hydrogen-bond donors (Lipinski definition) is 1. The predicted molar refractivity (Wildman–Crippen MR) is 123 cm³/mol. The van der Waals surface area contributed by atoms with Crippen LogP contribution in [0.25, 0.3) is 0 Å². The van der Waals surface area contributed by atoms with E-state index in [2.05, 4.69) is 18.8 Å². The van der Waals surface area contributed by atoms with Gasteiger partial charge in [-0.2, -0.15) is 0 Å². The van der Waals surface area contributed by atoms with Gasteiger partial charge in [-0.25, -0.2) is 4.99 Å². The molecule has 0 aliphatic rings. The molecule has 0 fully saturated rings. The molecule has 0 spiro atoms. The van der Waals surface area contributed by atoms with Gasteiger partial charge in [0.05, 0.1) is 29.7 Å². The lowest BCUT2D eigenvalue weighted by molar-refractivity contribution is 0.414. The van der Waals surface area contributed by atoms with E-state index in [1.807, 2.05) is 24.3 Å². The van der Waals surface area contributed by atoms with E-state index in [4.69, 9.17) is 49.3 Å². The van der Waals surface area contributed by atoms with Crippen LogP contribution in [0.5, 0.6) is 11.5 Å². The van der Waals surface area contributed by atoms with Crippen LogP contribution in [-0.2, 0) is 6.54 Å². The van der Waals surface area contributed by atoms with Gasteiger partial charge in [-0.05, 0) is 36.2 Å². The summed E-state index contributed by atoms with van der Waals surface area (Å²) in [6.07, 6.45) is 3.58. The molecule has 0 saturated heterocycles. The third kappa shape index (κ3) is 7.23. The van der Waals surface area contributed by atoms with Crippen LogP contribution in [0.1, 0.15) is 25.3 Å². The van der Waals surface area contributed by atoms with Crippen LogP contribution in [0, 0.1) is 0 Å². The third-order valence-electron chi connectivity index (χ3n) is 4.13. The Bertz CT molecular complexity index is 815. The molecule has 4 nitrogen and oxygen atoms in total. The summed E-state index contributed by atoms with van der Waals surface area (Å²) in [6.45, 7) is 6.94. The molecule has 2 aromatic rings. The lowest BCUT2D eigenvalue weighted by atomic mass is 10.1. The van der Waals surface area contributed by atoms with Crippen molar-refractivity contribution in [2.24, 2.45) is 4.99 Å². The van der Waals surface area contributed by atoms with Crippen LogP contribution < -0.4 is 14.8 Å². The average molecular weight is 456 g/mol. The largest absolute Gasteiger partial charge is 0.497 e. The van der Waals surface area contributed by atoms with Gasteiger partial charge >= 0.3 is 0 Å². The second kappa shape index (κ2) is 12.1. The van der Waals surface area contributed by atoms with Crippen molar-refractivity contribution in [1.29, 1.82) is 0 Å². The van der Waals surface area contributed by atoms with E-state index in [1.165, 1.54) is 0 Å². The number of ether oxygens (including phenoxy) is 2. The van der Waals surface area contributed by atoms with E-state index in [-0.39, 0.29) is 6.04 Å². The number of nitrogens with zero attached hydrogens (tertiary/aromatic N) is 1. The van der Waals surface area contributed by atoms with Crippen molar-refractivity contribution in [1.82, 2.24) is 5.32 Å². The Kier molecular flexibility index (Phi) is 9.82. The Morgan fingerprint density at radius 2 is 1.83 bits per heavy atom. The summed E-state index contributed by atoms with van der Waals surface area (Å²) in [5.74, 6) is 1.65. The smallest absolute Gasteiger partial charge is 0.207 e. The van der Waals surface area contributed by atoms with Gasteiger partial charge in [-0.3, -0.25) is 0 Å². The first-order valence-corrected chi connectivity index (χ1v) is 10.5. The van der Waals surface area contributed by atoms with Crippen molar-refractivity contribution in [2.45, 2.75) is 32.4 Å². The van der Waals surface area contributed by atoms with Crippen molar-refractivity contribution in [2.75, 3.05) is 13.7 Å². The Morgan fingerprint density at radius 3 is 2.38 bits per heavy atom. The molecule has 0 aliphatic carbocycles.